The maximum Gasteiger partial charge on any atom is -0.0431 e. The van der Waals surface area contributed by atoms with Crippen molar-refractivity contribution in [3.05, 3.63) is 0 Å². The van der Waals surface area contributed by atoms with Crippen molar-refractivity contribution in [1.82, 2.24) is 0 Å². The van der Waals surface area contributed by atoms with E-state index in [-0.39, 0.29) is 54.8 Å². The second-order valence-electron chi connectivity index (χ2n) is 0.250. The molecule has 0 radical (unpaired) electrons. The number of carbonyl (C=O) groups is 1. The summed E-state index contributed by atoms with van der Waals surface area (Å²) in [5.74, 6) is 0. The molecule has 0 rings (SSSR count). The Morgan fingerprint density at radius 3 is 0.500 bits per heavy atom. The molecule has 0 atom stereocenters. The van der Waals surface area contributed by atoms with E-state index in [4.69, 9.17) is 15.0 Å². The van der Waals surface area contributed by atoms with Crippen LogP contribution >= 0.6 is 0 Å². The normalized spacial score (nSPS) is 1.71. The summed E-state index contributed by atoms with van der Waals surface area (Å²) in [6, 6.07) is 0. The standard InChI is InChI=1S/CH2O3.10H2O/c2-1(3)4;;;;;;;;;;/h(H2,2,3,4);10*1H2/p-2. The molecule has 0 spiro atoms. The Morgan fingerprint density at radius 1 is 0.500 bits per heavy atom. The minimum absolute atomic E-state index is 0. The smallest absolute Gasteiger partial charge is 0.0431 e. The van der Waals surface area contributed by atoms with Crippen molar-refractivity contribution >= 4 is 6.16 Å². The van der Waals surface area contributed by atoms with E-state index in [1.807, 2.05) is 0 Å². The minimum Gasteiger partial charge on any atom is -0.652 e. The van der Waals surface area contributed by atoms with Crippen LogP contribution in [0.1, 0.15) is 0 Å². The first-order valence-corrected chi connectivity index (χ1v) is 0.612. The van der Waals surface area contributed by atoms with Crippen LogP contribution < -0.4 is 10.2 Å². The lowest BCUT2D eigenvalue weighted by Gasteiger charge is -1.96. The highest BCUT2D eigenvalue weighted by Gasteiger charge is 1.26. The van der Waals surface area contributed by atoms with Gasteiger partial charge in [0.2, 0.25) is 0 Å². The summed E-state index contributed by atoms with van der Waals surface area (Å²) in [7, 11) is 0. The number of carbonyl (C=O) groups excluding carboxylic acids is 1. The van der Waals surface area contributed by atoms with Crippen LogP contribution in [0.5, 0.6) is 0 Å². The molecule has 0 aliphatic rings. The molecule has 0 aromatic carbocycles. The summed E-state index contributed by atoms with van der Waals surface area (Å²) >= 11 is 0. The second kappa shape index (κ2) is 401. The predicted molar refractivity (Wildman–Crippen MR) is 41.5 cm³/mol. The summed E-state index contributed by atoms with van der Waals surface area (Å²) in [6.45, 7) is 0. The first-order valence-electron chi connectivity index (χ1n) is 0.612. The third kappa shape index (κ3) is 829. The van der Waals surface area contributed by atoms with E-state index in [0.29, 0.717) is 0 Å². The third-order valence-electron chi connectivity index (χ3n) is 0. The van der Waals surface area contributed by atoms with Crippen molar-refractivity contribution in [2.45, 2.75) is 0 Å². The SMILES string of the molecule is O.O.O.O.O.O.O.O.O.O.O=C([O-])[O-]. The average Bonchev–Trinajstić information content (AvgIpc) is 0.811. The van der Waals surface area contributed by atoms with Gasteiger partial charge >= 0.3 is 0 Å². The quantitative estimate of drug-likeness (QED) is 0.397. The van der Waals surface area contributed by atoms with Crippen LogP contribution in [0, 0.1) is 0 Å². The monoisotopic (exact) mass is 240 g/mol. The fraction of sp³-hybridized carbons (Fsp3) is 0. The van der Waals surface area contributed by atoms with Gasteiger partial charge in [0, 0.05) is 0 Å². The summed E-state index contributed by atoms with van der Waals surface area (Å²) in [6.07, 6.45) is -2.33. The summed E-state index contributed by atoms with van der Waals surface area (Å²) < 4.78 is 0. The van der Waals surface area contributed by atoms with Crippen molar-refractivity contribution in [2.75, 3.05) is 0 Å². The van der Waals surface area contributed by atoms with Crippen LogP contribution in [0.25, 0.3) is 0 Å². The number of rotatable bonds is 0. The van der Waals surface area contributed by atoms with Crippen LogP contribution in [0.15, 0.2) is 0 Å². The molecular weight excluding hydrogens is 220 g/mol. The van der Waals surface area contributed by atoms with Crippen LogP contribution in [-0.2, 0) is 0 Å². The van der Waals surface area contributed by atoms with Crippen LogP contribution in [0.2, 0.25) is 0 Å². The molecule has 0 aromatic rings. The van der Waals surface area contributed by atoms with Gasteiger partial charge in [-0.3, -0.25) is 0 Å². The fourth-order valence-corrected chi connectivity index (χ4v) is 0. The topological polar surface area (TPSA) is 378 Å². The molecule has 0 amide bonds. The van der Waals surface area contributed by atoms with Gasteiger partial charge in [-0.15, -0.1) is 0 Å². The van der Waals surface area contributed by atoms with Gasteiger partial charge in [0.05, 0.1) is 0 Å². The molecule has 0 aromatic heterocycles. The molecular formula is CH20O13-2. The third-order valence-corrected chi connectivity index (χ3v) is 0. The molecule has 13 nitrogen and oxygen atoms in total. The van der Waals surface area contributed by atoms with Crippen molar-refractivity contribution in [3.8, 4) is 0 Å². The van der Waals surface area contributed by atoms with E-state index in [1.165, 1.54) is 0 Å². The van der Waals surface area contributed by atoms with Gasteiger partial charge in [-0.2, -0.15) is 0 Å². The van der Waals surface area contributed by atoms with Crippen molar-refractivity contribution in [3.63, 3.8) is 0 Å². The molecule has 0 unspecified atom stereocenters. The highest BCUT2D eigenvalue weighted by Crippen LogP contribution is 1.21. The molecule has 0 fully saturated rings. The Hall–Kier alpha value is -1.13. The van der Waals surface area contributed by atoms with Crippen molar-refractivity contribution in [2.24, 2.45) is 0 Å². The molecule has 14 heavy (non-hydrogen) atoms. The van der Waals surface area contributed by atoms with Gasteiger partial charge in [0.25, 0.3) is 0 Å². The van der Waals surface area contributed by atoms with E-state index in [1.54, 1.807) is 0 Å². The zero-order valence-corrected chi connectivity index (χ0v) is 6.72. The molecule has 0 bridgehead atoms. The molecule has 13 heteroatoms. The van der Waals surface area contributed by atoms with E-state index in [9.17, 15) is 0 Å². The molecule has 0 saturated heterocycles. The van der Waals surface area contributed by atoms with Crippen LogP contribution in [0.4, 0.5) is 4.79 Å². The zero-order chi connectivity index (χ0) is 3.58. The Morgan fingerprint density at radius 2 is 0.500 bits per heavy atom. The van der Waals surface area contributed by atoms with Gasteiger partial charge in [-0.05, 0) is 6.16 Å². The molecule has 0 aliphatic carbocycles. The lowest BCUT2D eigenvalue weighted by Crippen LogP contribution is -2.37. The largest absolute Gasteiger partial charge is 0.652 e. The first-order chi connectivity index (χ1) is 1.73. The van der Waals surface area contributed by atoms with Crippen molar-refractivity contribution in [1.29, 1.82) is 0 Å². The van der Waals surface area contributed by atoms with Gasteiger partial charge in [-0.1, -0.05) is 0 Å². The van der Waals surface area contributed by atoms with E-state index in [0.717, 1.165) is 0 Å². The van der Waals surface area contributed by atoms with Gasteiger partial charge in [-0.25, -0.2) is 0 Å². The van der Waals surface area contributed by atoms with E-state index < -0.39 is 6.16 Å². The molecule has 0 heterocycles. The lowest BCUT2D eigenvalue weighted by atomic mass is 11.5. The summed E-state index contributed by atoms with van der Waals surface area (Å²) in [5.41, 5.74) is 0. The Balaban J connectivity index is -0.000000001000. The van der Waals surface area contributed by atoms with E-state index >= 15 is 0 Å². The Bertz CT molecular complexity index is 28.2. The number of hydrogen-bond donors (Lipinski definition) is 0. The maximum absolute atomic E-state index is 8.33. The zero-order valence-electron chi connectivity index (χ0n) is 6.72. The van der Waals surface area contributed by atoms with Gasteiger partial charge in [0.1, 0.15) is 0 Å². The van der Waals surface area contributed by atoms with Gasteiger partial charge < -0.3 is 69.8 Å². The van der Waals surface area contributed by atoms with Crippen LogP contribution in [-0.4, -0.2) is 60.9 Å². The number of hydrogen-bond acceptors (Lipinski definition) is 3. The fourth-order valence-electron chi connectivity index (χ4n) is 0. The van der Waals surface area contributed by atoms with Crippen LogP contribution in [0.3, 0.4) is 0 Å². The van der Waals surface area contributed by atoms with Gasteiger partial charge in [0.15, 0.2) is 0 Å². The summed E-state index contributed by atoms with van der Waals surface area (Å²) in [4.78, 5) is 8.33. The average molecular weight is 240 g/mol. The number of carboxylic acid groups (broad SMARTS) is 2. The first kappa shape index (κ1) is 519. The van der Waals surface area contributed by atoms with E-state index in [2.05, 4.69) is 0 Å². The lowest BCUT2D eigenvalue weighted by molar-refractivity contribution is -0.415. The summed E-state index contributed by atoms with van der Waals surface area (Å²) in [5, 5.41) is 16.7. The molecule has 20 N–H and O–H groups in total. The minimum atomic E-state index is -2.33. The maximum atomic E-state index is 8.33. The highest BCUT2D eigenvalue weighted by molar-refractivity contribution is 5.47. The molecule has 0 saturated carbocycles. The Kier molecular flexibility index (Phi) is 14900. The van der Waals surface area contributed by atoms with Crippen molar-refractivity contribution < 1.29 is 69.8 Å². The highest BCUT2D eigenvalue weighted by atomic mass is 16.6. The Labute approximate surface area is 77.3 Å². The predicted octanol–water partition coefficient (Wildman–Crippen LogP) is -10.7. The molecule has 0 aliphatic heterocycles. The molecule has 104 valence electrons. The second-order valence-corrected chi connectivity index (χ2v) is 0.250.